The average molecular weight is 397 g/mol. The predicted octanol–water partition coefficient (Wildman–Crippen LogP) is 5.63. The van der Waals surface area contributed by atoms with Gasteiger partial charge in [0.15, 0.2) is 11.4 Å². The Morgan fingerprint density at radius 3 is 2.10 bits per heavy atom. The highest BCUT2D eigenvalue weighted by Gasteiger charge is 2.30. The van der Waals surface area contributed by atoms with E-state index in [-0.39, 0.29) is 17.6 Å². The van der Waals surface area contributed by atoms with Crippen LogP contribution in [0.4, 0.5) is 0 Å². The zero-order valence-electron chi connectivity index (χ0n) is 18.3. The van der Waals surface area contributed by atoms with Crippen LogP contribution in [0.1, 0.15) is 61.2 Å². The molecule has 0 aliphatic heterocycles. The van der Waals surface area contributed by atoms with E-state index in [0.717, 1.165) is 29.5 Å². The van der Waals surface area contributed by atoms with Gasteiger partial charge in [-0.3, -0.25) is 4.79 Å². The fourth-order valence-corrected chi connectivity index (χ4v) is 3.41. The molecule has 4 nitrogen and oxygen atoms in total. The summed E-state index contributed by atoms with van der Waals surface area (Å²) in [4.78, 5) is 24.0. The Bertz CT molecular complexity index is 845. The number of carboxylic acids is 1. The maximum absolute atomic E-state index is 12.7. The molecule has 2 aromatic rings. The second-order valence-electron chi connectivity index (χ2n) is 8.51. The molecule has 156 valence electrons. The molecule has 0 saturated carbocycles. The number of aliphatic carboxylic acids is 1. The van der Waals surface area contributed by atoms with Gasteiger partial charge in [0, 0.05) is 11.5 Å². The molecule has 2 unspecified atom stereocenters. The maximum Gasteiger partial charge on any atom is 0.347 e. The van der Waals surface area contributed by atoms with Gasteiger partial charge in [-0.05, 0) is 63.1 Å². The van der Waals surface area contributed by atoms with E-state index in [9.17, 15) is 14.7 Å². The molecule has 4 heteroatoms. The molecule has 0 radical (unpaired) electrons. The van der Waals surface area contributed by atoms with Crippen LogP contribution >= 0.6 is 0 Å². The molecular formula is C25H32O4. The number of benzene rings is 2. The molecule has 0 amide bonds. The maximum atomic E-state index is 12.7. The van der Waals surface area contributed by atoms with Crippen molar-refractivity contribution >= 4 is 11.8 Å². The summed E-state index contributed by atoms with van der Waals surface area (Å²) in [5.74, 6) is 0.0296. The summed E-state index contributed by atoms with van der Waals surface area (Å²) in [6.07, 6.45) is 1.76. The highest BCUT2D eigenvalue weighted by atomic mass is 16.5. The summed E-state index contributed by atoms with van der Waals surface area (Å²) in [6.45, 7) is 11.1. The fourth-order valence-electron chi connectivity index (χ4n) is 3.41. The second-order valence-corrected chi connectivity index (χ2v) is 8.51. The van der Waals surface area contributed by atoms with Crippen molar-refractivity contribution in [3.05, 3.63) is 64.7 Å². The van der Waals surface area contributed by atoms with Crippen LogP contribution in [-0.4, -0.2) is 22.5 Å². The zero-order chi connectivity index (χ0) is 21.8. The Kier molecular flexibility index (Phi) is 7.23. The number of aryl methyl sites for hydroxylation is 3. The molecule has 0 aliphatic rings. The molecule has 1 N–H and O–H groups in total. The summed E-state index contributed by atoms with van der Waals surface area (Å²) < 4.78 is 5.78. The summed E-state index contributed by atoms with van der Waals surface area (Å²) in [6, 6.07) is 13.6. The minimum absolute atomic E-state index is 0.0430. The van der Waals surface area contributed by atoms with Crippen LogP contribution in [-0.2, 0) is 11.2 Å². The Morgan fingerprint density at radius 2 is 1.59 bits per heavy atom. The first-order chi connectivity index (χ1) is 13.5. The lowest BCUT2D eigenvalue weighted by Gasteiger charge is -2.25. The highest BCUT2D eigenvalue weighted by molar-refractivity contribution is 5.97. The second kappa shape index (κ2) is 9.25. The van der Waals surface area contributed by atoms with E-state index in [4.69, 9.17) is 4.74 Å². The van der Waals surface area contributed by atoms with Crippen molar-refractivity contribution in [1.82, 2.24) is 0 Å². The van der Waals surface area contributed by atoms with Crippen LogP contribution < -0.4 is 4.74 Å². The summed E-state index contributed by atoms with van der Waals surface area (Å²) >= 11 is 0. The molecule has 0 aromatic heterocycles. The Balaban J connectivity index is 2.05. The first-order valence-electron chi connectivity index (χ1n) is 10.1. The lowest BCUT2D eigenvalue weighted by molar-refractivity contribution is -0.152. The van der Waals surface area contributed by atoms with Gasteiger partial charge in [0.25, 0.3) is 0 Å². The minimum atomic E-state index is -1.28. The van der Waals surface area contributed by atoms with Gasteiger partial charge in [-0.25, -0.2) is 4.79 Å². The monoisotopic (exact) mass is 396 g/mol. The summed E-state index contributed by atoms with van der Waals surface area (Å²) in [7, 11) is 0. The molecule has 0 heterocycles. The normalized spacial score (nSPS) is 13.6. The largest absolute Gasteiger partial charge is 0.478 e. The van der Waals surface area contributed by atoms with Crippen LogP contribution in [0.3, 0.4) is 0 Å². The Hall–Kier alpha value is -2.62. The van der Waals surface area contributed by atoms with E-state index >= 15 is 0 Å². The minimum Gasteiger partial charge on any atom is -0.478 e. The quantitative estimate of drug-likeness (QED) is 0.558. The number of hydrogen-bond donors (Lipinski definition) is 1. The van der Waals surface area contributed by atoms with Gasteiger partial charge >= 0.3 is 5.97 Å². The molecule has 0 saturated heterocycles. The van der Waals surface area contributed by atoms with Crippen LogP contribution in [0.5, 0.6) is 5.75 Å². The number of carboxylic acid groups (broad SMARTS) is 1. The van der Waals surface area contributed by atoms with Gasteiger partial charge in [-0.15, -0.1) is 0 Å². The zero-order valence-corrected chi connectivity index (χ0v) is 18.3. The van der Waals surface area contributed by atoms with Gasteiger partial charge in [-0.1, -0.05) is 56.3 Å². The molecule has 0 spiro atoms. The number of hydrogen-bond acceptors (Lipinski definition) is 3. The van der Waals surface area contributed by atoms with E-state index in [0.29, 0.717) is 5.75 Å². The third kappa shape index (κ3) is 5.69. The standard InChI is InChI=1S/C25H32O4/c1-16(19(4)22(26)21-10-8-7-9-11-21)12-13-20-14-17(2)23(18(3)15-20)29-25(5,6)24(27)28/h7-11,14-16,19H,12-13H2,1-6H3,(H,27,28). The number of carbonyl (C=O) groups excluding carboxylic acids is 1. The van der Waals surface area contributed by atoms with Crippen LogP contribution in [0.15, 0.2) is 42.5 Å². The third-order valence-electron chi connectivity index (χ3n) is 5.61. The van der Waals surface area contributed by atoms with Crippen molar-refractivity contribution in [2.45, 2.75) is 60.0 Å². The number of rotatable bonds is 9. The number of Topliss-reactive ketones (excluding diaryl/α,β-unsaturated/α-hetero) is 1. The lowest BCUT2D eigenvalue weighted by Crippen LogP contribution is -2.38. The Labute approximate surface area is 173 Å². The molecule has 2 rings (SSSR count). The molecule has 2 atom stereocenters. The predicted molar refractivity (Wildman–Crippen MR) is 116 cm³/mol. The molecule has 0 bridgehead atoms. The number of ketones is 1. The molecule has 0 fully saturated rings. The van der Waals surface area contributed by atoms with Crippen LogP contribution in [0.25, 0.3) is 0 Å². The van der Waals surface area contributed by atoms with Gasteiger partial charge in [-0.2, -0.15) is 0 Å². The van der Waals surface area contributed by atoms with E-state index in [2.05, 4.69) is 19.1 Å². The van der Waals surface area contributed by atoms with E-state index in [1.807, 2.05) is 51.1 Å². The van der Waals surface area contributed by atoms with Gasteiger partial charge in [0.2, 0.25) is 0 Å². The molecule has 0 aliphatic carbocycles. The molecular weight excluding hydrogens is 364 g/mol. The van der Waals surface area contributed by atoms with Crippen molar-refractivity contribution < 1.29 is 19.4 Å². The highest BCUT2D eigenvalue weighted by Crippen LogP contribution is 2.30. The van der Waals surface area contributed by atoms with Crippen molar-refractivity contribution in [2.75, 3.05) is 0 Å². The average Bonchev–Trinajstić information content (AvgIpc) is 2.68. The Morgan fingerprint density at radius 1 is 1.03 bits per heavy atom. The smallest absolute Gasteiger partial charge is 0.347 e. The number of carbonyl (C=O) groups is 2. The lowest BCUT2D eigenvalue weighted by atomic mass is 9.84. The van der Waals surface area contributed by atoms with Gasteiger partial charge < -0.3 is 9.84 Å². The molecule has 29 heavy (non-hydrogen) atoms. The van der Waals surface area contributed by atoms with E-state index < -0.39 is 11.6 Å². The summed E-state index contributed by atoms with van der Waals surface area (Å²) in [5, 5.41) is 9.31. The summed E-state index contributed by atoms with van der Waals surface area (Å²) in [5.41, 5.74) is 2.51. The first-order valence-corrected chi connectivity index (χ1v) is 10.1. The van der Waals surface area contributed by atoms with Crippen molar-refractivity contribution in [3.8, 4) is 5.75 Å². The van der Waals surface area contributed by atoms with Crippen molar-refractivity contribution in [2.24, 2.45) is 11.8 Å². The van der Waals surface area contributed by atoms with E-state index in [1.165, 1.54) is 5.56 Å². The van der Waals surface area contributed by atoms with Crippen molar-refractivity contribution in [3.63, 3.8) is 0 Å². The fraction of sp³-hybridized carbons (Fsp3) is 0.440. The van der Waals surface area contributed by atoms with Crippen LogP contribution in [0, 0.1) is 25.7 Å². The first kappa shape index (κ1) is 22.7. The third-order valence-corrected chi connectivity index (χ3v) is 5.61. The number of ether oxygens (including phenoxy) is 1. The van der Waals surface area contributed by atoms with E-state index in [1.54, 1.807) is 13.8 Å². The SMILES string of the molecule is Cc1cc(CCC(C)C(C)C(=O)c2ccccc2)cc(C)c1OC(C)(C)C(=O)O. The van der Waals surface area contributed by atoms with Gasteiger partial charge in [0.05, 0.1) is 0 Å². The molecule has 2 aromatic carbocycles. The van der Waals surface area contributed by atoms with Crippen molar-refractivity contribution in [1.29, 1.82) is 0 Å². The van der Waals surface area contributed by atoms with Gasteiger partial charge in [0.1, 0.15) is 5.75 Å². The van der Waals surface area contributed by atoms with Crippen LogP contribution in [0.2, 0.25) is 0 Å². The topological polar surface area (TPSA) is 63.6 Å².